The predicted molar refractivity (Wildman–Crippen MR) is 49.1 cm³/mol. The van der Waals surface area contributed by atoms with E-state index in [9.17, 15) is 0 Å². The van der Waals surface area contributed by atoms with E-state index in [4.69, 9.17) is 4.84 Å². The smallest absolute Gasteiger partial charge is 0.175 e. The lowest BCUT2D eigenvalue weighted by Gasteiger charge is -2.25. The molecule has 69 valence electrons. The molecule has 2 rings (SSSR count). The molecule has 1 saturated heterocycles. The van der Waals surface area contributed by atoms with Gasteiger partial charge in [-0.05, 0) is 25.0 Å². The highest BCUT2D eigenvalue weighted by Crippen LogP contribution is 2.13. The van der Waals surface area contributed by atoms with Gasteiger partial charge in [-0.1, -0.05) is 6.42 Å². The van der Waals surface area contributed by atoms with Gasteiger partial charge in [0.05, 0.1) is 0 Å². The molecule has 2 heterocycles. The van der Waals surface area contributed by atoms with Crippen LogP contribution in [0.25, 0.3) is 0 Å². The first-order valence-corrected chi connectivity index (χ1v) is 4.71. The monoisotopic (exact) mass is 177 g/mol. The topological polar surface area (TPSA) is 25.4 Å². The molecule has 0 amide bonds. The van der Waals surface area contributed by atoms with Crippen molar-refractivity contribution in [2.75, 3.05) is 13.1 Å². The van der Waals surface area contributed by atoms with Crippen molar-refractivity contribution in [3.8, 4) is 5.75 Å². The third-order valence-electron chi connectivity index (χ3n) is 2.13. The van der Waals surface area contributed by atoms with Gasteiger partial charge in [0, 0.05) is 19.3 Å². The van der Waals surface area contributed by atoms with E-state index < -0.39 is 0 Å². The molecule has 0 saturated carbocycles. The molecule has 3 nitrogen and oxygen atoms in total. The number of piperidine rings is 1. The molecular formula is C10H13N2O. The molecule has 0 spiro atoms. The third-order valence-corrected chi connectivity index (χ3v) is 2.13. The largest absolute Gasteiger partial charge is 0.404 e. The van der Waals surface area contributed by atoms with Gasteiger partial charge in [0.2, 0.25) is 0 Å². The Morgan fingerprint density at radius 2 is 2.15 bits per heavy atom. The lowest BCUT2D eigenvalue weighted by Crippen LogP contribution is -2.32. The fraction of sp³-hybridized carbons (Fsp3) is 0.500. The summed E-state index contributed by atoms with van der Waals surface area (Å²) in [4.78, 5) is 9.44. The Kier molecular flexibility index (Phi) is 2.77. The van der Waals surface area contributed by atoms with Gasteiger partial charge in [-0.15, -0.1) is 5.06 Å². The van der Waals surface area contributed by atoms with E-state index in [2.05, 4.69) is 11.2 Å². The first kappa shape index (κ1) is 8.51. The molecule has 1 radical (unpaired) electrons. The van der Waals surface area contributed by atoms with Crippen LogP contribution in [0.1, 0.15) is 19.3 Å². The summed E-state index contributed by atoms with van der Waals surface area (Å²) >= 11 is 0. The van der Waals surface area contributed by atoms with E-state index in [1.165, 1.54) is 19.3 Å². The molecule has 0 aromatic carbocycles. The second-order valence-electron chi connectivity index (χ2n) is 3.19. The van der Waals surface area contributed by atoms with Gasteiger partial charge < -0.3 is 4.84 Å². The second-order valence-corrected chi connectivity index (χ2v) is 3.19. The molecule has 13 heavy (non-hydrogen) atoms. The van der Waals surface area contributed by atoms with E-state index in [1.807, 2.05) is 17.2 Å². The highest BCUT2D eigenvalue weighted by atomic mass is 16.7. The van der Waals surface area contributed by atoms with Crippen molar-refractivity contribution in [1.29, 1.82) is 0 Å². The quantitative estimate of drug-likeness (QED) is 0.687. The summed E-state index contributed by atoms with van der Waals surface area (Å²) in [7, 11) is 0. The molecule has 0 N–H and O–H groups in total. The molecule has 0 unspecified atom stereocenters. The second kappa shape index (κ2) is 4.23. The number of aromatic nitrogens is 1. The standard InChI is InChI=1S/C10H13N2O/c1-2-7-12(8-3-1)13-10-5-4-6-11-9-10/h4-6H,1-3,7-8H2. The Hall–Kier alpha value is -1.09. The summed E-state index contributed by atoms with van der Waals surface area (Å²) in [6.07, 6.45) is 8.26. The third kappa shape index (κ3) is 2.42. The van der Waals surface area contributed by atoms with Crippen molar-refractivity contribution in [2.45, 2.75) is 19.3 Å². The first-order chi connectivity index (χ1) is 6.45. The average molecular weight is 177 g/mol. The van der Waals surface area contributed by atoms with Gasteiger partial charge in [-0.2, -0.15) is 0 Å². The Bertz CT molecular complexity index is 244. The van der Waals surface area contributed by atoms with Crippen molar-refractivity contribution < 1.29 is 4.84 Å². The zero-order valence-electron chi connectivity index (χ0n) is 7.57. The van der Waals surface area contributed by atoms with Crippen molar-refractivity contribution in [2.24, 2.45) is 0 Å². The van der Waals surface area contributed by atoms with Crippen LogP contribution in [-0.4, -0.2) is 23.1 Å². The number of pyridine rings is 1. The van der Waals surface area contributed by atoms with Gasteiger partial charge >= 0.3 is 0 Å². The summed E-state index contributed by atoms with van der Waals surface area (Å²) in [5.41, 5.74) is 0. The van der Waals surface area contributed by atoms with Crippen LogP contribution in [-0.2, 0) is 0 Å². The molecule has 0 atom stereocenters. The van der Waals surface area contributed by atoms with Crippen LogP contribution in [0.3, 0.4) is 0 Å². The minimum Gasteiger partial charge on any atom is -0.404 e. The Morgan fingerprint density at radius 3 is 2.85 bits per heavy atom. The normalized spacial score (nSPS) is 18.5. The highest BCUT2D eigenvalue weighted by Gasteiger charge is 2.11. The Labute approximate surface area is 78.3 Å². The van der Waals surface area contributed by atoms with E-state index in [0.29, 0.717) is 5.75 Å². The maximum atomic E-state index is 5.57. The number of hydroxylamine groups is 2. The molecule has 1 fully saturated rings. The molecule has 1 aromatic heterocycles. The SMILES string of the molecule is [c]1ncccc1ON1CCCCC1. The summed E-state index contributed by atoms with van der Waals surface area (Å²) in [5.74, 6) is 0.712. The number of hydrogen-bond acceptors (Lipinski definition) is 3. The molecular weight excluding hydrogens is 164 g/mol. The Balaban J connectivity index is 1.90. The van der Waals surface area contributed by atoms with Crippen molar-refractivity contribution in [1.82, 2.24) is 10.0 Å². The van der Waals surface area contributed by atoms with Crippen molar-refractivity contribution >= 4 is 0 Å². The number of rotatable bonds is 2. The van der Waals surface area contributed by atoms with E-state index >= 15 is 0 Å². The predicted octanol–water partition coefficient (Wildman–Crippen LogP) is 1.66. The summed E-state index contributed by atoms with van der Waals surface area (Å²) in [6, 6.07) is 3.73. The lowest BCUT2D eigenvalue weighted by atomic mass is 10.2. The van der Waals surface area contributed by atoms with Crippen molar-refractivity contribution in [3.05, 3.63) is 24.5 Å². The molecule has 1 aliphatic heterocycles. The average Bonchev–Trinajstić information content (AvgIpc) is 2.21. The van der Waals surface area contributed by atoms with E-state index in [0.717, 1.165) is 13.1 Å². The van der Waals surface area contributed by atoms with Crippen LogP contribution in [0.2, 0.25) is 0 Å². The summed E-state index contributed by atoms with van der Waals surface area (Å²) < 4.78 is 0. The fourth-order valence-corrected chi connectivity index (χ4v) is 1.46. The zero-order chi connectivity index (χ0) is 8.93. The van der Waals surface area contributed by atoms with Gasteiger partial charge in [0.1, 0.15) is 6.20 Å². The van der Waals surface area contributed by atoms with Crippen molar-refractivity contribution in [3.63, 3.8) is 0 Å². The fourth-order valence-electron chi connectivity index (χ4n) is 1.46. The Morgan fingerprint density at radius 1 is 1.31 bits per heavy atom. The number of nitrogens with zero attached hydrogens (tertiary/aromatic N) is 2. The molecule has 1 aromatic rings. The molecule has 0 bridgehead atoms. The molecule has 0 aliphatic carbocycles. The van der Waals surface area contributed by atoms with Gasteiger partial charge in [0.15, 0.2) is 5.75 Å². The minimum atomic E-state index is 0.712. The van der Waals surface area contributed by atoms with E-state index in [1.54, 1.807) is 6.20 Å². The summed E-state index contributed by atoms with van der Waals surface area (Å²) in [5, 5.41) is 1.98. The minimum absolute atomic E-state index is 0.712. The van der Waals surface area contributed by atoms with Crippen LogP contribution >= 0.6 is 0 Å². The zero-order valence-corrected chi connectivity index (χ0v) is 7.57. The first-order valence-electron chi connectivity index (χ1n) is 4.71. The van der Waals surface area contributed by atoms with Crippen LogP contribution in [0.15, 0.2) is 18.3 Å². The van der Waals surface area contributed by atoms with Crippen LogP contribution in [0, 0.1) is 6.20 Å². The number of hydrogen-bond donors (Lipinski definition) is 0. The van der Waals surface area contributed by atoms with Gasteiger partial charge in [-0.25, -0.2) is 0 Å². The van der Waals surface area contributed by atoms with E-state index in [-0.39, 0.29) is 0 Å². The lowest BCUT2D eigenvalue weighted by molar-refractivity contribution is -0.0725. The van der Waals surface area contributed by atoms with Crippen LogP contribution in [0.4, 0.5) is 0 Å². The maximum Gasteiger partial charge on any atom is 0.175 e. The van der Waals surface area contributed by atoms with Gasteiger partial charge in [-0.3, -0.25) is 4.98 Å². The van der Waals surface area contributed by atoms with Crippen LogP contribution < -0.4 is 4.84 Å². The van der Waals surface area contributed by atoms with Gasteiger partial charge in [0.25, 0.3) is 0 Å². The molecule has 3 heteroatoms. The highest BCUT2D eigenvalue weighted by molar-refractivity contribution is 5.13. The summed E-state index contributed by atoms with van der Waals surface area (Å²) in [6.45, 7) is 2.03. The maximum absolute atomic E-state index is 5.57. The van der Waals surface area contributed by atoms with Crippen LogP contribution in [0.5, 0.6) is 5.75 Å². The molecule has 1 aliphatic rings.